The molecular weight excluding hydrogens is 252 g/mol. The van der Waals surface area contributed by atoms with Crippen LogP contribution in [0.5, 0.6) is 0 Å². The quantitative estimate of drug-likeness (QED) is 0.890. The van der Waals surface area contributed by atoms with Crippen molar-refractivity contribution in [1.82, 2.24) is 10.3 Å². The molecule has 0 bridgehead atoms. The van der Waals surface area contributed by atoms with Crippen LogP contribution in [0.25, 0.3) is 0 Å². The van der Waals surface area contributed by atoms with E-state index in [1.165, 1.54) is 34.8 Å². The fraction of sp³-hybridized carbons (Fsp3) is 0.812. The Bertz CT molecular complexity index is 426. The molecule has 1 aliphatic rings. The maximum atomic E-state index is 4.98. The highest BCUT2D eigenvalue weighted by atomic mass is 32.1. The molecule has 2 rings (SSSR count). The van der Waals surface area contributed by atoms with Gasteiger partial charge < -0.3 is 5.32 Å². The average molecular weight is 280 g/mol. The van der Waals surface area contributed by atoms with E-state index in [2.05, 4.69) is 39.9 Å². The summed E-state index contributed by atoms with van der Waals surface area (Å²) in [5.41, 5.74) is 1.41. The lowest BCUT2D eigenvalue weighted by atomic mass is 9.70. The Morgan fingerprint density at radius 1 is 1.32 bits per heavy atom. The second-order valence-electron chi connectivity index (χ2n) is 6.16. The van der Waals surface area contributed by atoms with Gasteiger partial charge in [0.05, 0.1) is 11.2 Å². The molecule has 108 valence electrons. The van der Waals surface area contributed by atoms with Crippen LogP contribution in [0.2, 0.25) is 0 Å². The lowest BCUT2D eigenvalue weighted by Gasteiger charge is -2.44. The molecule has 3 atom stereocenters. The Labute approximate surface area is 122 Å². The third kappa shape index (κ3) is 2.73. The minimum Gasteiger partial charge on any atom is -0.305 e. The van der Waals surface area contributed by atoms with Crippen LogP contribution in [0.3, 0.4) is 0 Å². The summed E-state index contributed by atoms with van der Waals surface area (Å²) in [6.45, 7) is 12.5. The summed E-state index contributed by atoms with van der Waals surface area (Å²) in [6.07, 6.45) is 4.96. The zero-order valence-corrected chi connectivity index (χ0v) is 13.9. The van der Waals surface area contributed by atoms with E-state index in [9.17, 15) is 0 Å². The SMILES string of the molecule is CCNC1(c2nc(CC)c(C)s2)CC(C)CCC1C. The van der Waals surface area contributed by atoms with Crippen molar-refractivity contribution in [2.75, 3.05) is 6.54 Å². The first-order valence-electron chi connectivity index (χ1n) is 7.75. The standard InChI is InChI=1S/C16H28N2S/c1-6-14-13(5)19-15(18-14)16(17-7-2)10-11(3)8-9-12(16)4/h11-12,17H,6-10H2,1-5H3. The van der Waals surface area contributed by atoms with Crippen LogP contribution in [0.1, 0.15) is 62.5 Å². The summed E-state index contributed by atoms with van der Waals surface area (Å²) in [5.74, 6) is 1.48. The zero-order valence-electron chi connectivity index (χ0n) is 13.0. The van der Waals surface area contributed by atoms with Gasteiger partial charge in [-0.05, 0) is 44.6 Å². The number of nitrogens with zero attached hydrogens (tertiary/aromatic N) is 1. The molecule has 1 N–H and O–H groups in total. The van der Waals surface area contributed by atoms with Gasteiger partial charge in [0, 0.05) is 4.88 Å². The van der Waals surface area contributed by atoms with Crippen LogP contribution >= 0.6 is 11.3 Å². The lowest BCUT2D eigenvalue weighted by Crippen LogP contribution is -2.50. The van der Waals surface area contributed by atoms with Gasteiger partial charge in [-0.25, -0.2) is 4.98 Å². The predicted octanol–water partition coefficient (Wildman–Crippen LogP) is 4.27. The van der Waals surface area contributed by atoms with E-state index >= 15 is 0 Å². The smallest absolute Gasteiger partial charge is 0.114 e. The molecule has 0 aliphatic heterocycles. The molecule has 0 aromatic carbocycles. The summed E-state index contributed by atoms with van der Waals surface area (Å²) < 4.78 is 0. The normalized spacial score (nSPS) is 31.6. The highest BCUT2D eigenvalue weighted by Crippen LogP contribution is 2.45. The van der Waals surface area contributed by atoms with Crippen molar-refractivity contribution < 1.29 is 0 Å². The van der Waals surface area contributed by atoms with Crippen molar-refractivity contribution in [2.24, 2.45) is 11.8 Å². The van der Waals surface area contributed by atoms with Crippen LogP contribution in [-0.4, -0.2) is 11.5 Å². The summed E-state index contributed by atoms with van der Waals surface area (Å²) in [4.78, 5) is 6.39. The van der Waals surface area contributed by atoms with Crippen molar-refractivity contribution >= 4 is 11.3 Å². The van der Waals surface area contributed by atoms with Gasteiger partial charge in [0.15, 0.2) is 0 Å². The van der Waals surface area contributed by atoms with Gasteiger partial charge in [0.25, 0.3) is 0 Å². The van der Waals surface area contributed by atoms with Gasteiger partial charge in [-0.1, -0.05) is 34.1 Å². The van der Waals surface area contributed by atoms with E-state index in [4.69, 9.17) is 4.98 Å². The molecule has 1 aromatic rings. The van der Waals surface area contributed by atoms with E-state index in [0.717, 1.165) is 18.9 Å². The maximum Gasteiger partial charge on any atom is 0.114 e. The Hall–Kier alpha value is -0.410. The molecule has 3 unspecified atom stereocenters. The molecule has 0 spiro atoms. The molecule has 19 heavy (non-hydrogen) atoms. The van der Waals surface area contributed by atoms with Crippen LogP contribution in [-0.2, 0) is 12.0 Å². The Kier molecular flexibility index (Phi) is 4.67. The summed E-state index contributed by atoms with van der Waals surface area (Å²) in [6, 6.07) is 0. The van der Waals surface area contributed by atoms with Crippen molar-refractivity contribution in [3.05, 3.63) is 15.6 Å². The molecule has 1 saturated carbocycles. The highest BCUT2D eigenvalue weighted by molar-refractivity contribution is 7.11. The Morgan fingerprint density at radius 3 is 2.63 bits per heavy atom. The minimum absolute atomic E-state index is 0.120. The second-order valence-corrected chi connectivity index (χ2v) is 7.37. The first-order valence-corrected chi connectivity index (χ1v) is 8.56. The van der Waals surface area contributed by atoms with Gasteiger partial charge in [-0.3, -0.25) is 0 Å². The van der Waals surface area contributed by atoms with Gasteiger partial charge in [-0.2, -0.15) is 0 Å². The number of hydrogen-bond donors (Lipinski definition) is 1. The van der Waals surface area contributed by atoms with Crippen molar-refractivity contribution in [2.45, 2.75) is 65.8 Å². The van der Waals surface area contributed by atoms with Crippen molar-refractivity contribution in [1.29, 1.82) is 0 Å². The van der Waals surface area contributed by atoms with Gasteiger partial charge in [0.1, 0.15) is 5.01 Å². The minimum atomic E-state index is 0.120. The first kappa shape index (κ1) is 15.0. The summed E-state index contributed by atoms with van der Waals surface area (Å²) >= 11 is 1.92. The van der Waals surface area contributed by atoms with E-state index in [1.807, 2.05) is 11.3 Å². The van der Waals surface area contributed by atoms with E-state index < -0.39 is 0 Å². The number of aromatic nitrogens is 1. The molecule has 0 saturated heterocycles. The van der Waals surface area contributed by atoms with Crippen LogP contribution in [0.15, 0.2) is 0 Å². The number of nitrogens with one attached hydrogen (secondary N) is 1. The fourth-order valence-electron chi connectivity index (χ4n) is 3.52. The summed E-state index contributed by atoms with van der Waals surface area (Å²) in [7, 11) is 0. The first-order chi connectivity index (χ1) is 9.03. The number of thiazole rings is 1. The van der Waals surface area contributed by atoms with Gasteiger partial charge in [-0.15, -0.1) is 11.3 Å². The molecule has 1 aromatic heterocycles. The molecule has 2 nitrogen and oxygen atoms in total. The van der Waals surface area contributed by atoms with Crippen LogP contribution in [0.4, 0.5) is 0 Å². The largest absolute Gasteiger partial charge is 0.305 e. The molecule has 0 amide bonds. The molecular formula is C16H28N2S. The fourth-order valence-corrected chi connectivity index (χ4v) is 4.81. The third-order valence-electron chi connectivity index (χ3n) is 4.71. The van der Waals surface area contributed by atoms with Crippen molar-refractivity contribution in [3.8, 4) is 0 Å². The number of aryl methyl sites for hydroxylation is 2. The van der Waals surface area contributed by atoms with E-state index in [-0.39, 0.29) is 5.54 Å². The van der Waals surface area contributed by atoms with E-state index in [1.54, 1.807) is 0 Å². The van der Waals surface area contributed by atoms with Gasteiger partial charge in [0.2, 0.25) is 0 Å². The zero-order chi connectivity index (χ0) is 14.0. The maximum absolute atomic E-state index is 4.98. The number of rotatable bonds is 4. The van der Waals surface area contributed by atoms with Crippen LogP contribution in [0, 0.1) is 18.8 Å². The molecule has 1 heterocycles. The molecule has 1 fully saturated rings. The summed E-state index contributed by atoms with van der Waals surface area (Å²) in [5, 5.41) is 5.14. The molecule has 1 aliphatic carbocycles. The van der Waals surface area contributed by atoms with Crippen molar-refractivity contribution in [3.63, 3.8) is 0 Å². The topological polar surface area (TPSA) is 24.9 Å². The third-order valence-corrected chi connectivity index (χ3v) is 5.90. The van der Waals surface area contributed by atoms with Crippen LogP contribution < -0.4 is 5.32 Å². The lowest BCUT2D eigenvalue weighted by molar-refractivity contribution is 0.120. The predicted molar refractivity (Wildman–Crippen MR) is 83.8 cm³/mol. The molecule has 0 radical (unpaired) electrons. The van der Waals surface area contributed by atoms with E-state index in [0.29, 0.717) is 5.92 Å². The monoisotopic (exact) mass is 280 g/mol. The Morgan fingerprint density at radius 2 is 2.05 bits per heavy atom. The van der Waals surface area contributed by atoms with Gasteiger partial charge >= 0.3 is 0 Å². The number of hydrogen-bond acceptors (Lipinski definition) is 3. The average Bonchev–Trinajstić information content (AvgIpc) is 2.76. The second kappa shape index (κ2) is 5.92. The highest BCUT2D eigenvalue weighted by Gasteiger charge is 2.43. The Balaban J connectivity index is 2.41. The molecule has 3 heteroatoms.